The molecule has 0 spiro atoms. The Balaban J connectivity index is 1.47. The number of thiazole rings is 1. The van der Waals surface area contributed by atoms with E-state index in [-0.39, 0.29) is 5.91 Å². The highest BCUT2D eigenvalue weighted by atomic mass is 32.1. The summed E-state index contributed by atoms with van der Waals surface area (Å²) < 4.78 is 5.74. The van der Waals surface area contributed by atoms with E-state index >= 15 is 0 Å². The molecule has 0 saturated carbocycles. The number of nitrogens with zero attached hydrogens (tertiary/aromatic N) is 2. The minimum absolute atomic E-state index is 0.241. The minimum atomic E-state index is -0.241. The van der Waals surface area contributed by atoms with Crippen LogP contribution in [0.2, 0.25) is 0 Å². The lowest BCUT2D eigenvalue weighted by Crippen LogP contribution is -2.23. The second-order valence-electron chi connectivity index (χ2n) is 5.32. The Kier molecular flexibility index (Phi) is 3.62. The molecule has 120 valence electrons. The van der Waals surface area contributed by atoms with Gasteiger partial charge >= 0.3 is 0 Å². The molecular formula is C17H14N4O2S. The molecule has 2 N–H and O–H groups in total. The average molecular weight is 338 g/mol. The highest BCUT2D eigenvalue weighted by Crippen LogP contribution is 2.23. The molecule has 0 aliphatic heterocycles. The number of carbonyl (C=O) groups excluding carboxylic acids is 1. The Morgan fingerprint density at radius 2 is 2.17 bits per heavy atom. The monoisotopic (exact) mass is 338 g/mol. The molecule has 1 amide bonds. The number of benzene rings is 1. The maximum absolute atomic E-state index is 12.3. The van der Waals surface area contributed by atoms with Crippen LogP contribution in [0.15, 0.2) is 46.2 Å². The van der Waals surface area contributed by atoms with E-state index in [1.54, 1.807) is 11.3 Å². The Hall–Kier alpha value is -2.93. The Labute approximate surface area is 141 Å². The Morgan fingerprint density at radius 3 is 3.00 bits per heavy atom. The number of amides is 1. The predicted octanol–water partition coefficient (Wildman–Crippen LogP) is 3.52. The number of carbonyl (C=O) groups is 1. The number of H-pyrrole nitrogens is 1. The molecule has 0 bridgehead atoms. The SMILES string of the molecule is Cc1nc(-c2ccc(CNC(=O)c3n[nH]c4ccccc34)o2)cs1. The van der Waals surface area contributed by atoms with Gasteiger partial charge in [-0.15, -0.1) is 11.3 Å². The molecule has 0 radical (unpaired) electrons. The van der Waals surface area contributed by atoms with Crippen LogP contribution in [0.3, 0.4) is 0 Å². The van der Waals surface area contributed by atoms with Crippen molar-refractivity contribution in [3.05, 3.63) is 58.2 Å². The van der Waals surface area contributed by atoms with Crippen LogP contribution in [0, 0.1) is 6.92 Å². The third-order valence-electron chi connectivity index (χ3n) is 3.64. The zero-order chi connectivity index (χ0) is 16.5. The summed E-state index contributed by atoms with van der Waals surface area (Å²) in [4.78, 5) is 16.7. The zero-order valence-corrected chi connectivity index (χ0v) is 13.7. The Morgan fingerprint density at radius 1 is 1.29 bits per heavy atom. The van der Waals surface area contributed by atoms with Gasteiger partial charge in [0.2, 0.25) is 0 Å². The van der Waals surface area contributed by atoms with Crippen molar-refractivity contribution in [1.29, 1.82) is 0 Å². The maximum Gasteiger partial charge on any atom is 0.272 e. The lowest BCUT2D eigenvalue weighted by Gasteiger charge is -2.01. The molecule has 6 nitrogen and oxygen atoms in total. The molecule has 0 aliphatic carbocycles. The average Bonchev–Trinajstić information content (AvgIpc) is 3.31. The largest absolute Gasteiger partial charge is 0.458 e. The van der Waals surface area contributed by atoms with Gasteiger partial charge in [0.1, 0.15) is 11.5 Å². The molecule has 3 aromatic heterocycles. The van der Waals surface area contributed by atoms with E-state index in [2.05, 4.69) is 20.5 Å². The van der Waals surface area contributed by atoms with Gasteiger partial charge in [0.15, 0.2) is 11.5 Å². The fourth-order valence-corrected chi connectivity index (χ4v) is 3.08. The fourth-order valence-electron chi connectivity index (χ4n) is 2.47. The number of para-hydroxylation sites is 1. The molecule has 4 aromatic rings. The van der Waals surface area contributed by atoms with Crippen LogP contribution >= 0.6 is 11.3 Å². The summed E-state index contributed by atoms with van der Waals surface area (Å²) in [6, 6.07) is 11.2. The van der Waals surface area contributed by atoms with Crippen LogP contribution in [-0.4, -0.2) is 21.1 Å². The normalized spacial score (nSPS) is 11.0. The number of aryl methyl sites for hydroxylation is 1. The van der Waals surface area contributed by atoms with Crippen molar-refractivity contribution in [3.63, 3.8) is 0 Å². The van der Waals surface area contributed by atoms with Gasteiger partial charge in [-0.3, -0.25) is 9.89 Å². The van der Waals surface area contributed by atoms with E-state index in [0.717, 1.165) is 21.6 Å². The van der Waals surface area contributed by atoms with Crippen LogP contribution in [0.5, 0.6) is 0 Å². The van der Waals surface area contributed by atoms with E-state index < -0.39 is 0 Å². The van der Waals surface area contributed by atoms with Gasteiger partial charge in [-0.1, -0.05) is 18.2 Å². The summed E-state index contributed by atoms with van der Waals surface area (Å²) in [5, 5.41) is 13.5. The summed E-state index contributed by atoms with van der Waals surface area (Å²) in [7, 11) is 0. The predicted molar refractivity (Wildman–Crippen MR) is 91.8 cm³/mol. The van der Waals surface area contributed by atoms with Crippen LogP contribution in [0.1, 0.15) is 21.3 Å². The van der Waals surface area contributed by atoms with Crippen molar-refractivity contribution in [3.8, 4) is 11.5 Å². The van der Waals surface area contributed by atoms with Crippen LogP contribution in [-0.2, 0) is 6.54 Å². The van der Waals surface area contributed by atoms with Crippen LogP contribution in [0.25, 0.3) is 22.4 Å². The quantitative estimate of drug-likeness (QED) is 0.596. The molecular weight excluding hydrogens is 324 g/mol. The van der Waals surface area contributed by atoms with Crippen molar-refractivity contribution in [2.75, 3.05) is 0 Å². The van der Waals surface area contributed by atoms with E-state index in [0.29, 0.717) is 23.8 Å². The van der Waals surface area contributed by atoms with Gasteiger partial charge in [0, 0.05) is 10.8 Å². The van der Waals surface area contributed by atoms with Crippen LogP contribution in [0.4, 0.5) is 0 Å². The standard InChI is InChI=1S/C17H14N4O2S/c1-10-19-14(9-24-10)15-7-6-11(23-15)8-18-17(22)16-12-4-2-3-5-13(12)20-21-16/h2-7,9H,8H2,1H3,(H,18,22)(H,20,21). The summed E-state index contributed by atoms with van der Waals surface area (Å²) >= 11 is 1.57. The number of aromatic amines is 1. The molecule has 0 atom stereocenters. The van der Waals surface area contributed by atoms with Crippen molar-refractivity contribution >= 4 is 28.1 Å². The second-order valence-corrected chi connectivity index (χ2v) is 6.38. The Bertz CT molecular complexity index is 1010. The molecule has 0 saturated heterocycles. The number of rotatable bonds is 4. The number of aromatic nitrogens is 3. The third-order valence-corrected chi connectivity index (χ3v) is 4.42. The fraction of sp³-hybridized carbons (Fsp3) is 0.118. The van der Waals surface area contributed by atoms with Gasteiger partial charge in [-0.25, -0.2) is 4.98 Å². The van der Waals surface area contributed by atoms with Crippen molar-refractivity contribution in [1.82, 2.24) is 20.5 Å². The number of hydrogen-bond donors (Lipinski definition) is 2. The number of nitrogens with one attached hydrogen (secondary N) is 2. The summed E-state index contributed by atoms with van der Waals surface area (Å²) in [6.07, 6.45) is 0. The number of furan rings is 1. The first-order valence-corrected chi connectivity index (χ1v) is 8.31. The first-order chi connectivity index (χ1) is 11.7. The molecule has 0 unspecified atom stereocenters. The highest BCUT2D eigenvalue weighted by molar-refractivity contribution is 7.09. The number of fused-ring (bicyclic) bond motifs is 1. The van der Waals surface area contributed by atoms with Crippen molar-refractivity contribution in [2.24, 2.45) is 0 Å². The number of hydrogen-bond acceptors (Lipinski definition) is 5. The topological polar surface area (TPSA) is 83.8 Å². The van der Waals surface area contributed by atoms with Crippen LogP contribution < -0.4 is 5.32 Å². The zero-order valence-electron chi connectivity index (χ0n) is 12.9. The first-order valence-electron chi connectivity index (χ1n) is 7.43. The molecule has 7 heteroatoms. The van der Waals surface area contributed by atoms with E-state index in [4.69, 9.17) is 4.42 Å². The van der Waals surface area contributed by atoms with Gasteiger partial charge in [-0.05, 0) is 25.1 Å². The molecule has 4 rings (SSSR count). The maximum atomic E-state index is 12.3. The van der Waals surface area contributed by atoms with Gasteiger partial charge < -0.3 is 9.73 Å². The first kappa shape index (κ1) is 14.6. The minimum Gasteiger partial charge on any atom is -0.458 e. The summed E-state index contributed by atoms with van der Waals surface area (Å²) in [5.41, 5.74) is 2.03. The second kappa shape index (κ2) is 5.93. The van der Waals surface area contributed by atoms with E-state index in [9.17, 15) is 4.79 Å². The van der Waals surface area contributed by atoms with Gasteiger partial charge in [0.05, 0.1) is 17.1 Å². The lowest BCUT2D eigenvalue weighted by atomic mass is 10.2. The van der Waals surface area contributed by atoms with E-state index in [1.165, 1.54) is 0 Å². The van der Waals surface area contributed by atoms with Crippen molar-refractivity contribution < 1.29 is 9.21 Å². The van der Waals surface area contributed by atoms with E-state index in [1.807, 2.05) is 48.7 Å². The molecule has 0 aliphatic rings. The third kappa shape index (κ3) is 2.69. The van der Waals surface area contributed by atoms with Crippen molar-refractivity contribution in [2.45, 2.75) is 13.5 Å². The molecule has 3 heterocycles. The summed E-state index contributed by atoms with van der Waals surface area (Å²) in [5.74, 6) is 1.13. The lowest BCUT2D eigenvalue weighted by molar-refractivity contribution is 0.0944. The molecule has 0 fully saturated rings. The smallest absolute Gasteiger partial charge is 0.272 e. The highest BCUT2D eigenvalue weighted by Gasteiger charge is 2.14. The van der Waals surface area contributed by atoms with Gasteiger partial charge in [-0.2, -0.15) is 5.10 Å². The molecule has 24 heavy (non-hydrogen) atoms. The summed E-state index contributed by atoms with van der Waals surface area (Å²) in [6.45, 7) is 2.25. The van der Waals surface area contributed by atoms with Gasteiger partial charge in [0.25, 0.3) is 5.91 Å². The molecule has 1 aromatic carbocycles.